The summed E-state index contributed by atoms with van der Waals surface area (Å²) in [5.41, 5.74) is 3.44. The van der Waals surface area contributed by atoms with Crippen LogP contribution in [0.4, 0.5) is 0 Å². The molecule has 0 aliphatic carbocycles. The van der Waals surface area contributed by atoms with E-state index in [1.807, 2.05) is 27.0 Å². The molecule has 0 saturated carbocycles. The van der Waals surface area contributed by atoms with Gasteiger partial charge in [0.05, 0.1) is 18.0 Å². The van der Waals surface area contributed by atoms with Gasteiger partial charge < -0.3 is 15.0 Å². The third-order valence-corrected chi connectivity index (χ3v) is 8.15. The van der Waals surface area contributed by atoms with Gasteiger partial charge in [0.1, 0.15) is 5.75 Å². The Bertz CT molecular complexity index is 1110. The smallest absolute Gasteiger partial charge is 0.251 e. The van der Waals surface area contributed by atoms with E-state index in [9.17, 15) is 13.2 Å². The molecule has 1 atom stereocenters. The van der Waals surface area contributed by atoms with E-state index in [0.29, 0.717) is 31.7 Å². The first-order valence-corrected chi connectivity index (χ1v) is 12.8. The Morgan fingerprint density at radius 3 is 2.30 bits per heavy atom. The number of hydrogen-bond acceptors (Lipinski definition) is 5. The quantitative estimate of drug-likeness (QED) is 0.665. The number of sulfonamides is 1. The molecular weight excluding hydrogens is 438 g/mol. The monoisotopic (exact) mass is 473 g/mol. The SMILES string of the molecule is COc1cc(C)c(C(C)NC(=O)c2cccc(S(=O)(=O)N3CCN(C)CC3)c2)cc1C(C)C. The van der Waals surface area contributed by atoms with Crippen LogP contribution in [-0.4, -0.2) is 63.9 Å². The average molecular weight is 474 g/mol. The molecule has 8 heteroatoms. The second-order valence-corrected chi connectivity index (χ2v) is 11.0. The summed E-state index contributed by atoms with van der Waals surface area (Å²) in [4.78, 5) is 15.3. The molecule has 1 aliphatic rings. The van der Waals surface area contributed by atoms with Crippen molar-refractivity contribution in [3.05, 3.63) is 58.7 Å². The van der Waals surface area contributed by atoms with Gasteiger partial charge in [-0.1, -0.05) is 19.9 Å². The molecule has 1 unspecified atom stereocenters. The fraction of sp³-hybridized carbons (Fsp3) is 0.480. The van der Waals surface area contributed by atoms with E-state index in [4.69, 9.17) is 4.74 Å². The highest BCUT2D eigenvalue weighted by atomic mass is 32.2. The van der Waals surface area contributed by atoms with Gasteiger partial charge in [0, 0.05) is 31.7 Å². The third kappa shape index (κ3) is 5.57. The molecule has 1 fully saturated rings. The van der Waals surface area contributed by atoms with Gasteiger partial charge >= 0.3 is 0 Å². The molecule has 2 aromatic rings. The van der Waals surface area contributed by atoms with Gasteiger partial charge in [0.2, 0.25) is 10.0 Å². The minimum atomic E-state index is -3.64. The van der Waals surface area contributed by atoms with Crippen molar-refractivity contribution in [1.29, 1.82) is 0 Å². The predicted molar refractivity (Wildman–Crippen MR) is 130 cm³/mol. The molecule has 1 heterocycles. The number of benzene rings is 2. The van der Waals surface area contributed by atoms with E-state index in [1.54, 1.807) is 25.3 Å². The molecule has 3 rings (SSSR count). The Morgan fingerprint density at radius 2 is 1.70 bits per heavy atom. The number of methoxy groups -OCH3 is 1. The molecule has 33 heavy (non-hydrogen) atoms. The molecular formula is C25H35N3O4S. The van der Waals surface area contributed by atoms with Crippen molar-refractivity contribution >= 4 is 15.9 Å². The van der Waals surface area contributed by atoms with Crippen molar-refractivity contribution in [3.63, 3.8) is 0 Å². The maximum atomic E-state index is 13.1. The molecule has 1 amide bonds. The molecule has 1 saturated heterocycles. The van der Waals surface area contributed by atoms with Crippen molar-refractivity contribution < 1.29 is 17.9 Å². The number of nitrogens with one attached hydrogen (secondary N) is 1. The summed E-state index contributed by atoms with van der Waals surface area (Å²) in [6.07, 6.45) is 0. The van der Waals surface area contributed by atoms with Crippen LogP contribution in [0.15, 0.2) is 41.3 Å². The van der Waals surface area contributed by atoms with Crippen LogP contribution in [0.1, 0.15) is 59.8 Å². The minimum Gasteiger partial charge on any atom is -0.496 e. The topological polar surface area (TPSA) is 78.9 Å². The number of hydrogen-bond donors (Lipinski definition) is 1. The van der Waals surface area contributed by atoms with Gasteiger partial charge in [-0.15, -0.1) is 0 Å². The van der Waals surface area contributed by atoms with Crippen molar-refractivity contribution in [2.75, 3.05) is 40.3 Å². The second-order valence-electron chi connectivity index (χ2n) is 9.04. The molecule has 0 bridgehead atoms. The summed E-state index contributed by atoms with van der Waals surface area (Å²) >= 11 is 0. The highest BCUT2D eigenvalue weighted by Crippen LogP contribution is 2.32. The van der Waals surface area contributed by atoms with E-state index < -0.39 is 10.0 Å². The Labute approximate surface area is 197 Å². The Morgan fingerprint density at radius 1 is 1.03 bits per heavy atom. The first kappa shape index (κ1) is 25.2. The van der Waals surface area contributed by atoms with Crippen LogP contribution in [0.25, 0.3) is 0 Å². The zero-order chi connectivity index (χ0) is 24.3. The second kappa shape index (κ2) is 10.2. The van der Waals surface area contributed by atoms with Crippen LogP contribution < -0.4 is 10.1 Å². The van der Waals surface area contributed by atoms with E-state index in [0.717, 1.165) is 22.4 Å². The number of likely N-dealkylation sites (N-methyl/N-ethyl adjacent to an activating group) is 1. The van der Waals surface area contributed by atoms with Crippen LogP contribution in [-0.2, 0) is 10.0 Å². The highest BCUT2D eigenvalue weighted by Gasteiger charge is 2.28. The number of rotatable bonds is 7. The van der Waals surface area contributed by atoms with E-state index >= 15 is 0 Å². The Balaban J connectivity index is 1.81. The minimum absolute atomic E-state index is 0.148. The number of carbonyl (C=O) groups excluding carboxylic acids is 1. The molecule has 0 spiro atoms. The standard InChI is InChI=1S/C25H35N3O4S/c1-17(2)22-16-23(18(3)14-24(22)32-6)19(4)26-25(29)20-8-7-9-21(15-20)33(30,31)28-12-10-27(5)11-13-28/h7-9,14-17,19H,10-13H2,1-6H3,(H,26,29). The number of carbonyl (C=O) groups is 1. The van der Waals surface area contributed by atoms with Crippen molar-refractivity contribution in [2.24, 2.45) is 0 Å². The maximum Gasteiger partial charge on any atom is 0.251 e. The maximum absolute atomic E-state index is 13.1. The van der Waals surface area contributed by atoms with Gasteiger partial charge in [-0.25, -0.2) is 8.42 Å². The lowest BCUT2D eigenvalue weighted by Gasteiger charge is -2.31. The summed E-state index contributed by atoms with van der Waals surface area (Å²) in [7, 11) is -0.000568. The van der Waals surface area contributed by atoms with Gasteiger partial charge in [-0.2, -0.15) is 4.31 Å². The number of ether oxygens (including phenoxy) is 1. The largest absolute Gasteiger partial charge is 0.496 e. The summed E-state index contributed by atoms with van der Waals surface area (Å²) in [6, 6.07) is 10.1. The van der Waals surface area contributed by atoms with Crippen LogP contribution >= 0.6 is 0 Å². The Hall–Kier alpha value is -2.42. The van der Waals surface area contributed by atoms with Gasteiger partial charge in [0.25, 0.3) is 5.91 Å². The van der Waals surface area contributed by atoms with E-state index in [2.05, 4.69) is 30.1 Å². The van der Waals surface area contributed by atoms with Crippen LogP contribution in [0.5, 0.6) is 5.75 Å². The molecule has 0 radical (unpaired) electrons. The number of nitrogens with zero attached hydrogens (tertiary/aromatic N) is 2. The highest BCUT2D eigenvalue weighted by molar-refractivity contribution is 7.89. The summed E-state index contributed by atoms with van der Waals surface area (Å²) in [5, 5.41) is 3.03. The average Bonchev–Trinajstić information content (AvgIpc) is 2.78. The summed E-state index contributed by atoms with van der Waals surface area (Å²) in [6.45, 7) is 10.4. The fourth-order valence-electron chi connectivity index (χ4n) is 4.14. The number of piperazine rings is 1. The first-order valence-electron chi connectivity index (χ1n) is 11.3. The van der Waals surface area contributed by atoms with Crippen LogP contribution in [0.3, 0.4) is 0 Å². The molecule has 180 valence electrons. The molecule has 7 nitrogen and oxygen atoms in total. The molecule has 1 aliphatic heterocycles. The summed E-state index contributed by atoms with van der Waals surface area (Å²) in [5.74, 6) is 0.810. The predicted octanol–water partition coefficient (Wildman–Crippen LogP) is 3.55. The summed E-state index contributed by atoms with van der Waals surface area (Å²) < 4.78 is 33.2. The number of amides is 1. The van der Waals surface area contributed by atoms with E-state index in [-0.39, 0.29) is 22.8 Å². The third-order valence-electron chi connectivity index (χ3n) is 6.25. The normalized spacial score (nSPS) is 16.6. The van der Waals surface area contributed by atoms with Crippen molar-refractivity contribution in [3.8, 4) is 5.75 Å². The van der Waals surface area contributed by atoms with Crippen molar-refractivity contribution in [2.45, 2.75) is 44.6 Å². The molecule has 0 aromatic heterocycles. The lowest BCUT2D eigenvalue weighted by atomic mass is 9.93. The first-order chi connectivity index (χ1) is 15.5. The molecule has 2 aromatic carbocycles. The lowest BCUT2D eigenvalue weighted by molar-refractivity contribution is 0.0939. The van der Waals surface area contributed by atoms with Gasteiger partial charge in [-0.05, 0) is 73.8 Å². The Kier molecular flexibility index (Phi) is 7.82. The zero-order valence-corrected chi connectivity index (χ0v) is 21.2. The lowest BCUT2D eigenvalue weighted by Crippen LogP contribution is -2.47. The van der Waals surface area contributed by atoms with Crippen molar-refractivity contribution in [1.82, 2.24) is 14.5 Å². The van der Waals surface area contributed by atoms with E-state index in [1.165, 1.54) is 10.4 Å². The molecule has 1 N–H and O–H groups in total. The van der Waals surface area contributed by atoms with Crippen LogP contribution in [0, 0.1) is 6.92 Å². The van der Waals surface area contributed by atoms with Crippen LogP contribution in [0.2, 0.25) is 0 Å². The fourth-order valence-corrected chi connectivity index (χ4v) is 5.61. The zero-order valence-electron chi connectivity index (χ0n) is 20.4. The van der Waals surface area contributed by atoms with Gasteiger partial charge in [0.15, 0.2) is 0 Å². The van der Waals surface area contributed by atoms with Gasteiger partial charge in [-0.3, -0.25) is 4.79 Å². The number of aryl methyl sites for hydroxylation is 1.